The van der Waals surface area contributed by atoms with E-state index in [2.05, 4.69) is 5.43 Å². The van der Waals surface area contributed by atoms with Crippen LogP contribution in [0.5, 0.6) is 0 Å². The quantitative estimate of drug-likeness (QED) is 0.335. The van der Waals surface area contributed by atoms with Crippen molar-refractivity contribution in [2.24, 2.45) is 5.84 Å². The molecule has 1 amide bonds. The lowest BCUT2D eigenvalue weighted by atomic mass is 10.2. The Morgan fingerprint density at radius 1 is 1.33 bits per heavy atom. The van der Waals surface area contributed by atoms with E-state index in [0.29, 0.717) is 15.3 Å². The standard InChI is InChI=1S/C13H10N4O3S/c14-15-13(18)12-11(16-5-1-2-6-16)9-4-3-8(17(19)20)7-10(9)21-12/h1-7H,14H2,(H,15,18). The minimum Gasteiger partial charge on any atom is -0.322 e. The van der Waals surface area contributed by atoms with Gasteiger partial charge in [-0.1, -0.05) is 0 Å². The molecule has 0 unspecified atom stereocenters. The molecule has 8 heteroatoms. The first-order valence-corrected chi connectivity index (χ1v) is 6.78. The highest BCUT2D eigenvalue weighted by Crippen LogP contribution is 2.36. The molecule has 0 saturated heterocycles. The van der Waals surface area contributed by atoms with Crippen molar-refractivity contribution < 1.29 is 9.72 Å². The molecule has 21 heavy (non-hydrogen) atoms. The van der Waals surface area contributed by atoms with Gasteiger partial charge in [0.25, 0.3) is 11.6 Å². The van der Waals surface area contributed by atoms with Crippen molar-refractivity contribution in [1.29, 1.82) is 0 Å². The summed E-state index contributed by atoms with van der Waals surface area (Å²) < 4.78 is 2.45. The minimum absolute atomic E-state index is 0.0116. The van der Waals surface area contributed by atoms with Gasteiger partial charge in [0.2, 0.25) is 0 Å². The van der Waals surface area contributed by atoms with Gasteiger partial charge in [0.1, 0.15) is 4.88 Å². The van der Waals surface area contributed by atoms with E-state index >= 15 is 0 Å². The third kappa shape index (κ3) is 2.16. The van der Waals surface area contributed by atoms with Gasteiger partial charge in [-0.3, -0.25) is 20.3 Å². The molecule has 0 aliphatic heterocycles. The van der Waals surface area contributed by atoms with Crippen LogP contribution < -0.4 is 11.3 Å². The van der Waals surface area contributed by atoms with Gasteiger partial charge >= 0.3 is 0 Å². The summed E-state index contributed by atoms with van der Waals surface area (Å²) in [5, 5.41) is 11.6. The Bertz CT molecular complexity index is 839. The predicted molar refractivity (Wildman–Crippen MR) is 79.5 cm³/mol. The van der Waals surface area contributed by atoms with Gasteiger partial charge in [0.15, 0.2) is 0 Å². The second kappa shape index (κ2) is 5.00. The molecule has 0 saturated carbocycles. The van der Waals surface area contributed by atoms with E-state index in [4.69, 9.17) is 5.84 Å². The lowest BCUT2D eigenvalue weighted by Gasteiger charge is -2.04. The number of thiophene rings is 1. The summed E-state index contributed by atoms with van der Waals surface area (Å²) in [5.41, 5.74) is 2.76. The lowest BCUT2D eigenvalue weighted by molar-refractivity contribution is -0.384. The summed E-state index contributed by atoms with van der Waals surface area (Å²) in [7, 11) is 0. The number of amides is 1. The number of hydrogen-bond donors (Lipinski definition) is 2. The molecule has 0 aliphatic carbocycles. The van der Waals surface area contributed by atoms with Gasteiger partial charge in [-0.05, 0) is 18.2 Å². The van der Waals surface area contributed by atoms with Crippen molar-refractivity contribution in [3.63, 3.8) is 0 Å². The average Bonchev–Trinajstić information content (AvgIpc) is 3.11. The molecule has 0 bridgehead atoms. The molecular weight excluding hydrogens is 292 g/mol. The zero-order chi connectivity index (χ0) is 15.0. The van der Waals surface area contributed by atoms with Crippen LogP contribution in [0.15, 0.2) is 42.7 Å². The first kappa shape index (κ1) is 13.3. The zero-order valence-electron chi connectivity index (χ0n) is 10.6. The van der Waals surface area contributed by atoms with Gasteiger partial charge in [-0.25, -0.2) is 5.84 Å². The number of aromatic nitrogens is 1. The molecule has 0 spiro atoms. The second-order valence-electron chi connectivity index (χ2n) is 4.28. The highest BCUT2D eigenvalue weighted by molar-refractivity contribution is 7.21. The summed E-state index contributed by atoms with van der Waals surface area (Å²) in [5.74, 6) is 4.79. The Hall–Kier alpha value is -2.71. The smallest absolute Gasteiger partial charge is 0.277 e. The Morgan fingerprint density at radius 2 is 2.05 bits per heavy atom. The number of non-ortho nitro benzene ring substituents is 1. The maximum atomic E-state index is 11.9. The largest absolute Gasteiger partial charge is 0.322 e. The summed E-state index contributed by atoms with van der Waals surface area (Å²) in [6.07, 6.45) is 3.60. The van der Waals surface area contributed by atoms with Crippen molar-refractivity contribution in [3.8, 4) is 5.69 Å². The van der Waals surface area contributed by atoms with Crippen LogP contribution in [0.1, 0.15) is 9.67 Å². The lowest BCUT2D eigenvalue weighted by Crippen LogP contribution is -2.30. The number of benzene rings is 1. The molecule has 106 valence electrons. The Labute approximate surface area is 122 Å². The van der Waals surface area contributed by atoms with Crippen molar-refractivity contribution >= 4 is 33.0 Å². The van der Waals surface area contributed by atoms with Crippen LogP contribution in [0.3, 0.4) is 0 Å². The van der Waals surface area contributed by atoms with E-state index in [1.807, 2.05) is 12.1 Å². The van der Waals surface area contributed by atoms with Crippen LogP contribution in [0.2, 0.25) is 0 Å². The maximum absolute atomic E-state index is 11.9. The van der Waals surface area contributed by atoms with E-state index in [1.54, 1.807) is 23.0 Å². The SMILES string of the molecule is NNC(=O)c1sc2cc([N+](=O)[O-])ccc2c1-n1cccc1. The van der Waals surface area contributed by atoms with Gasteiger partial charge < -0.3 is 4.57 Å². The van der Waals surface area contributed by atoms with Crippen LogP contribution in [0.25, 0.3) is 15.8 Å². The fraction of sp³-hybridized carbons (Fsp3) is 0. The first-order chi connectivity index (χ1) is 10.1. The molecule has 3 aromatic rings. The van der Waals surface area contributed by atoms with Gasteiger partial charge in [-0.2, -0.15) is 0 Å². The number of nitrogen functional groups attached to an aromatic ring is 1. The highest BCUT2D eigenvalue weighted by atomic mass is 32.1. The molecule has 1 aromatic carbocycles. The number of carbonyl (C=O) groups excluding carboxylic acids is 1. The minimum atomic E-state index is -0.461. The number of nitrogens with one attached hydrogen (secondary N) is 1. The van der Waals surface area contributed by atoms with Crippen LogP contribution in [0.4, 0.5) is 5.69 Å². The summed E-state index contributed by atoms with van der Waals surface area (Å²) >= 11 is 1.17. The molecule has 2 aromatic heterocycles. The molecule has 0 radical (unpaired) electrons. The Morgan fingerprint density at radius 3 is 2.67 bits per heavy atom. The van der Waals surface area contributed by atoms with Crippen LogP contribution >= 0.6 is 11.3 Å². The molecule has 0 fully saturated rings. The number of hydrogen-bond acceptors (Lipinski definition) is 5. The monoisotopic (exact) mass is 302 g/mol. The number of nitrogens with two attached hydrogens (primary N) is 1. The molecular formula is C13H10N4O3S. The summed E-state index contributed by atoms with van der Waals surface area (Å²) in [6.45, 7) is 0. The van der Waals surface area contributed by atoms with Gasteiger partial charge in [0.05, 0.1) is 10.6 Å². The predicted octanol–water partition coefficient (Wildman–Crippen LogP) is 2.20. The van der Waals surface area contributed by atoms with E-state index in [-0.39, 0.29) is 5.69 Å². The number of rotatable bonds is 3. The zero-order valence-corrected chi connectivity index (χ0v) is 11.5. The summed E-state index contributed by atoms with van der Waals surface area (Å²) in [4.78, 5) is 22.8. The van der Waals surface area contributed by atoms with Crippen LogP contribution in [0, 0.1) is 10.1 Å². The number of nitro benzene ring substituents is 1. The molecule has 3 rings (SSSR count). The van der Waals surface area contributed by atoms with E-state index < -0.39 is 10.8 Å². The Balaban J connectivity index is 2.31. The first-order valence-electron chi connectivity index (χ1n) is 5.97. The Kier molecular flexibility index (Phi) is 3.16. The number of hydrazine groups is 1. The van der Waals surface area contributed by atoms with E-state index in [0.717, 1.165) is 5.39 Å². The maximum Gasteiger partial charge on any atom is 0.277 e. The third-order valence-electron chi connectivity index (χ3n) is 3.06. The summed E-state index contributed by atoms with van der Waals surface area (Å²) in [6, 6.07) is 8.19. The molecule has 3 N–H and O–H groups in total. The van der Waals surface area contributed by atoms with Crippen LogP contribution in [-0.4, -0.2) is 15.4 Å². The topological polar surface area (TPSA) is 103 Å². The van der Waals surface area contributed by atoms with Crippen LogP contribution in [-0.2, 0) is 0 Å². The molecule has 2 heterocycles. The molecule has 0 atom stereocenters. The van der Waals surface area contributed by atoms with Gasteiger partial charge in [0, 0.05) is 34.6 Å². The molecule has 7 nitrogen and oxygen atoms in total. The van der Waals surface area contributed by atoms with Crippen molar-refractivity contribution in [2.75, 3.05) is 0 Å². The second-order valence-corrected chi connectivity index (χ2v) is 5.33. The molecule has 0 aliphatic rings. The van der Waals surface area contributed by atoms with Gasteiger partial charge in [-0.15, -0.1) is 11.3 Å². The fourth-order valence-electron chi connectivity index (χ4n) is 2.14. The number of fused-ring (bicyclic) bond motifs is 1. The number of carbonyl (C=O) groups is 1. The normalized spacial score (nSPS) is 10.7. The van der Waals surface area contributed by atoms with E-state index in [1.165, 1.54) is 23.5 Å². The van der Waals surface area contributed by atoms with Crippen molar-refractivity contribution in [1.82, 2.24) is 9.99 Å². The third-order valence-corrected chi connectivity index (χ3v) is 4.20. The highest BCUT2D eigenvalue weighted by Gasteiger charge is 2.20. The van der Waals surface area contributed by atoms with Crippen molar-refractivity contribution in [3.05, 3.63) is 57.7 Å². The fourth-order valence-corrected chi connectivity index (χ4v) is 3.28. The van der Waals surface area contributed by atoms with E-state index in [9.17, 15) is 14.9 Å². The van der Waals surface area contributed by atoms with Crippen molar-refractivity contribution in [2.45, 2.75) is 0 Å². The number of nitro groups is 1. The average molecular weight is 302 g/mol. The number of nitrogens with zero attached hydrogens (tertiary/aromatic N) is 2.